The number of rotatable bonds is 0. The fourth-order valence-electron chi connectivity index (χ4n) is 0. The van der Waals surface area contributed by atoms with E-state index >= 15 is 0 Å². The van der Waals surface area contributed by atoms with Gasteiger partial charge in [0.2, 0.25) is 0 Å². The van der Waals surface area contributed by atoms with Crippen molar-refractivity contribution in [1.82, 2.24) is 0 Å². The van der Waals surface area contributed by atoms with Gasteiger partial charge < -0.3 is 5.11 Å². The van der Waals surface area contributed by atoms with Gasteiger partial charge in [0.1, 0.15) is 0 Å². The van der Waals surface area contributed by atoms with E-state index in [9.17, 15) is 4.79 Å². The Morgan fingerprint density at radius 3 is 0.737 bits per heavy atom. The second-order valence-corrected chi connectivity index (χ2v) is 5.56. The van der Waals surface area contributed by atoms with E-state index in [0.29, 0.717) is 5.41 Å². The first-order valence-corrected chi connectivity index (χ1v) is 6.18. The highest BCUT2D eigenvalue weighted by Gasteiger charge is 2.18. The zero-order chi connectivity index (χ0) is 14.6. The van der Waals surface area contributed by atoms with E-state index < -0.39 is 11.4 Å². The molecule has 0 aliphatic rings. The number of hydrogen-bond donors (Lipinski definition) is 1. The Labute approximate surface area is 126 Å². The minimum absolute atomic E-state index is 0. The van der Waals surface area contributed by atoms with Crippen LogP contribution in [0.15, 0.2) is 0 Å². The molecule has 0 aromatic carbocycles. The van der Waals surface area contributed by atoms with Gasteiger partial charge in [-0.1, -0.05) is 77.7 Å². The number of carboxylic acids is 1. The highest BCUT2D eigenvalue weighted by Crippen LogP contribution is 2.11. The standard InChI is InChI=1S/C5H10O2.C5H12.2C2H6.3CH4/c1-5(2,3)4(6)7;1-5(2,3)4;2*1-2;;;/h1-3H3,(H,6,7);1-4H3;2*1-2H3;3*1H4. The maximum absolute atomic E-state index is 10.0. The van der Waals surface area contributed by atoms with Gasteiger partial charge in [-0.2, -0.15) is 0 Å². The van der Waals surface area contributed by atoms with Gasteiger partial charge in [0.15, 0.2) is 0 Å². The molecule has 0 saturated heterocycles. The molecule has 126 valence electrons. The van der Waals surface area contributed by atoms with Crippen molar-refractivity contribution in [3.05, 3.63) is 0 Å². The second-order valence-electron chi connectivity index (χ2n) is 5.56. The van der Waals surface area contributed by atoms with Crippen LogP contribution in [0.2, 0.25) is 0 Å². The average Bonchev–Trinajstić information content (AvgIpc) is 2.07. The maximum atomic E-state index is 10.0. The molecule has 0 atom stereocenters. The Morgan fingerprint density at radius 2 is 0.737 bits per heavy atom. The summed E-state index contributed by atoms with van der Waals surface area (Å²) in [4.78, 5) is 10.0. The van der Waals surface area contributed by atoms with Crippen molar-refractivity contribution in [2.75, 3.05) is 0 Å². The Hall–Kier alpha value is -0.530. The summed E-state index contributed by atoms with van der Waals surface area (Å²) < 4.78 is 0. The van der Waals surface area contributed by atoms with Crippen molar-refractivity contribution in [2.24, 2.45) is 10.8 Å². The van der Waals surface area contributed by atoms with E-state index in [1.807, 2.05) is 27.7 Å². The lowest BCUT2D eigenvalue weighted by molar-refractivity contribution is -0.145. The molecule has 19 heavy (non-hydrogen) atoms. The average molecular weight is 283 g/mol. The first-order chi connectivity index (χ1) is 6.94. The van der Waals surface area contributed by atoms with Crippen LogP contribution in [-0.4, -0.2) is 11.1 Å². The van der Waals surface area contributed by atoms with Crippen LogP contribution in [0, 0.1) is 10.8 Å². The van der Waals surface area contributed by atoms with Crippen LogP contribution >= 0.6 is 0 Å². The van der Waals surface area contributed by atoms with Crippen LogP contribution in [0.5, 0.6) is 0 Å². The van der Waals surface area contributed by atoms with Gasteiger partial charge >= 0.3 is 5.97 Å². The summed E-state index contributed by atoms with van der Waals surface area (Å²) >= 11 is 0. The van der Waals surface area contributed by atoms with Crippen molar-refractivity contribution in [3.8, 4) is 0 Å². The molecule has 0 unspecified atom stereocenters. The Kier molecular flexibility index (Phi) is 51.0. The lowest BCUT2D eigenvalue weighted by Crippen LogP contribution is -2.18. The van der Waals surface area contributed by atoms with Crippen LogP contribution in [0.25, 0.3) is 0 Å². The van der Waals surface area contributed by atoms with Gasteiger partial charge in [-0.15, -0.1) is 0 Å². The molecule has 0 saturated carbocycles. The molecular weight excluding hydrogens is 236 g/mol. The third-order valence-electron chi connectivity index (χ3n) is 0.642. The highest BCUT2D eigenvalue weighted by molar-refractivity contribution is 5.72. The van der Waals surface area contributed by atoms with Crippen molar-refractivity contribution in [1.29, 1.82) is 0 Å². The first kappa shape index (κ1) is 42.8. The second kappa shape index (κ2) is 22.6. The molecule has 0 spiro atoms. The molecule has 2 heteroatoms. The minimum atomic E-state index is -0.757. The van der Waals surface area contributed by atoms with Gasteiger partial charge in [-0.25, -0.2) is 0 Å². The lowest BCUT2D eigenvalue weighted by Gasteiger charge is -2.08. The third-order valence-corrected chi connectivity index (χ3v) is 0.642. The normalized spacial score (nSPS) is 7.95. The van der Waals surface area contributed by atoms with Crippen LogP contribution in [0.3, 0.4) is 0 Å². The topological polar surface area (TPSA) is 37.3 Å². The van der Waals surface area contributed by atoms with Crippen LogP contribution in [-0.2, 0) is 4.79 Å². The Bertz CT molecular complexity index is 130. The van der Waals surface area contributed by atoms with E-state index in [4.69, 9.17) is 5.11 Å². The quantitative estimate of drug-likeness (QED) is 0.513. The molecule has 0 radical (unpaired) electrons. The van der Waals surface area contributed by atoms with Gasteiger partial charge in [-0.05, 0) is 26.2 Å². The fraction of sp³-hybridized carbons (Fsp3) is 0.941. The molecule has 0 aromatic heterocycles. The van der Waals surface area contributed by atoms with Gasteiger partial charge in [-0.3, -0.25) is 4.79 Å². The Morgan fingerprint density at radius 1 is 0.684 bits per heavy atom. The summed E-state index contributed by atoms with van der Waals surface area (Å²) in [6.07, 6.45) is 0. The molecule has 2 nitrogen and oxygen atoms in total. The van der Waals surface area contributed by atoms with E-state index in [0.717, 1.165) is 0 Å². The van der Waals surface area contributed by atoms with Gasteiger partial charge in [0, 0.05) is 0 Å². The smallest absolute Gasteiger partial charge is 0.308 e. The summed E-state index contributed by atoms with van der Waals surface area (Å²) in [6, 6.07) is 0. The maximum Gasteiger partial charge on any atom is 0.308 e. The van der Waals surface area contributed by atoms with Crippen molar-refractivity contribution in [2.45, 2.75) is 98.4 Å². The SMILES string of the molecule is C.C.C.CC.CC.CC(C)(C)C.CC(C)(C)C(=O)O. The predicted molar refractivity (Wildman–Crippen MR) is 95.1 cm³/mol. The summed E-state index contributed by atoms with van der Waals surface area (Å²) in [5, 5.41) is 8.25. The molecule has 0 amide bonds. The summed E-state index contributed by atoms with van der Waals surface area (Å²) in [5.74, 6) is -0.757. The summed E-state index contributed by atoms with van der Waals surface area (Å²) in [6.45, 7) is 21.7. The van der Waals surface area contributed by atoms with Crippen LogP contribution in [0.1, 0.15) is 98.4 Å². The van der Waals surface area contributed by atoms with E-state index in [1.54, 1.807) is 20.8 Å². The van der Waals surface area contributed by atoms with E-state index in [-0.39, 0.29) is 22.3 Å². The molecule has 1 N–H and O–H groups in total. The summed E-state index contributed by atoms with van der Waals surface area (Å²) in [5.41, 5.74) is -0.0833. The Balaban J connectivity index is -0.0000000217. The monoisotopic (exact) mass is 282 g/mol. The largest absolute Gasteiger partial charge is 0.481 e. The van der Waals surface area contributed by atoms with Crippen molar-refractivity contribution in [3.63, 3.8) is 0 Å². The van der Waals surface area contributed by atoms with E-state index in [1.165, 1.54) is 0 Å². The number of carbonyl (C=O) groups is 1. The zero-order valence-electron chi connectivity index (χ0n) is 13.4. The zero-order valence-corrected chi connectivity index (χ0v) is 13.4. The third kappa shape index (κ3) is 140. The molecule has 0 aromatic rings. The number of carboxylic acid groups (broad SMARTS) is 1. The molecule has 0 aliphatic carbocycles. The highest BCUT2D eigenvalue weighted by atomic mass is 16.4. The van der Waals surface area contributed by atoms with Crippen LogP contribution < -0.4 is 0 Å². The molecule has 0 rings (SSSR count). The number of hydrogen-bond acceptors (Lipinski definition) is 1. The predicted octanol–water partition coefficient (Wildman–Crippen LogP) is 7.13. The lowest BCUT2D eigenvalue weighted by atomic mass is 9.98. The molecule has 0 heterocycles. The fourth-order valence-corrected chi connectivity index (χ4v) is 0. The summed E-state index contributed by atoms with van der Waals surface area (Å²) in [7, 11) is 0. The van der Waals surface area contributed by atoms with Crippen LogP contribution in [0.4, 0.5) is 0 Å². The van der Waals surface area contributed by atoms with Crippen molar-refractivity contribution < 1.29 is 9.90 Å². The van der Waals surface area contributed by atoms with Crippen molar-refractivity contribution >= 4 is 5.97 Å². The first-order valence-electron chi connectivity index (χ1n) is 6.18. The molecular formula is C17H46O2. The molecule has 0 aliphatic heterocycles. The van der Waals surface area contributed by atoms with Gasteiger partial charge in [0.05, 0.1) is 5.41 Å². The molecule has 0 fully saturated rings. The van der Waals surface area contributed by atoms with Gasteiger partial charge in [0.25, 0.3) is 0 Å². The van der Waals surface area contributed by atoms with E-state index in [2.05, 4.69) is 27.7 Å². The minimum Gasteiger partial charge on any atom is -0.481 e. The molecule has 0 bridgehead atoms. The number of aliphatic carboxylic acids is 1.